The minimum Gasteiger partial charge on any atom is -0.451 e. The van der Waals surface area contributed by atoms with Crippen LogP contribution in [0.3, 0.4) is 0 Å². The topological polar surface area (TPSA) is 60.2 Å². The van der Waals surface area contributed by atoms with Crippen LogP contribution in [-0.4, -0.2) is 95.4 Å². The van der Waals surface area contributed by atoms with Gasteiger partial charge in [-0.05, 0) is 45.7 Å². The fourth-order valence-electron chi connectivity index (χ4n) is 6.21. The number of carbonyl (C=O) groups excluding carboxylic acids is 2. The quantitative estimate of drug-likeness (QED) is 0.739. The average Bonchev–Trinajstić information content (AvgIpc) is 3.35. The van der Waals surface area contributed by atoms with Crippen LogP contribution in [0.1, 0.15) is 41.8 Å². The molecule has 3 saturated heterocycles. The first-order chi connectivity index (χ1) is 15.4. The third-order valence-electron chi connectivity index (χ3n) is 8.37. The van der Waals surface area contributed by atoms with Crippen LogP contribution in [0.5, 0.6) is 0 Å². The maximum atomic E-state index is 13.5. The average molecular weight is 437 g/mol. The number of rotatable bonds is 3. The van der Waals surface area contributed by atoms with Gasteiger partial charge in [0.1, 0.15) is 11.1 Å². The van der Waals surface area contributed by atoms with E-state index in [2.05, 4.69) is 16.8 Å². The predicted molar refractivity (Wildman–Crippen MR) is 122 cm³/mol. The Morgan fingerprint density at radius 1 is 0.969 bits per heavy atom. The summed E-state index contributed by atoms with van der Waals surface area (Å²) in [6.45, 7) is 8.01. The van der Waals surface area contributed by atoms with E-state index in [-0.39, 0.29) is 22.9 Å². The van der Waals surface area contributed by atoms with Crippen molar-refractivity contribution in [1.82, 2.24) is 19.6 Å². The van der Waals surface area contributed by atoms with Gasteiger partial charge in [-0.25, -0.2) is 0 Å². The Balaban J connectivity index is 1.18. The number of hydrogen-bond donors (Lipinski definition) is 0. The van der Waals surface area contributed by atoms with E-state index in [9.17, 15) is 9.59 Å². The zero-order valence-electron chi connectivity index (χ0n) is 19.1. The summed E-state index contributed by atoms with van der Waals surface area (Å²) in [5.74, 6) is 0.712. The number of benzene rings is 1. The van der Waals surface area contributed by atoms with E-state index in [1.165, 1.54) is 0 Å². The number of carbonyl (C=O) groups is 2. The molecule has 1 aromatic heterocycles. The second-order valence-electron chi connectivity index (χ2n) is 10.3. The fraction of sp³-hybridized carbons (Fsp3) is 0.600. The zero-order valence-corrected chi connectivity index (χ0v) is 19.1. The van der Waals surface area contributed by atoms with Gasteiger partial charge in [0.05, 0.1) is 5.54 Å². The highest BCUT2D eigenvalue weighted by atomic mass is 16.3. The molecule has 4 heterocycles. The molecule has 2 aromatic rings. The summed E-state index contributed by atoms with van der Waals surface area (Å²) in [6.07, 6.45) is 3.89. The van der Waals surface area contributed by atoms with Crippen LogP contribution in [0.15, 0.2) is 28.7 Å². The maximum Gasteiger partial charge on any atom is 0.290 e. The van der Waals surface area contributed by atoms with Crippen molar-refractivity contribution in [3.63, 3.8) is 0 Å². The molecule has 7 nitrogen and oxygen atoms in total. The summed E-state index contributed by atoms with van der Waals surface area (Å²) in [6, 6.07) is 7.82. The molecule has 3 aliphatic heterocycles. The van der Waals surface area contributed by atoms with Crippen molar-refractivity contribution in [3.8, 4) is 0 Å². The Bertz CT molecular complexity index is 1070. The second-order valence-corrected chi connectivity index (χ2v) is 10.3. The molecule has 0 bridgehead atoms. The molecule has 6 rings (SSSR count). The van der Waals surface area contributed by atoms with Gasteiger partial charge in [0, 0.05) is 56.8 Å². The number of aryl methyl sites for hydroxylation is 1. The SMILES string of the molecule is Cc1c(C(=O)N2CCCC23CN(C(=O)C2(N4CCN(C)CC4)CC2)C3)oc2ccccc12. The minimum atomic E-state index is -0.272. The highest BCUT2D eigenvalue weighted by molar-refractivity contribution is 6.00. The van der Waals surface area contributed by atoms with E-state index in [0.29, 0.717) is 18.8 Å². The molecule has 1 aliphatic carbocycles. The number of nitrogens with zero attached hydrogens (tertiary/aromatic N) is 4. The van der Waals surface area contributed by atoms with Crippen molar-refractivity contribution in [3.05, 3.63) is 35.6 Å². The molecule has 32 heavy (non-hydrogen) atoms. The molecule has 0 unspecified atom stereocenters. The van der Waals surface area contributed by atoms with Crippen molar-refractivity contribution >= 4 is 22.8 Å². The number of furan rings is 1. The number of amides is 2. The first-order valence-electron chi connectivity index (χ1n) is 12.0. The fourth-order valence-corrected chi connectivity index (χ4v) is 6.21. The van der Waals surface area contributed by atoms with E-state index in [0.717, 1.165) is 74.9 Å². The lowest BCUT2D eigenvalue weighted by Gasteiger charge is -2.54. The predicted octanol–water partition coefficient (Wildman–Crippen LogP) is 2.34. The highest BCUT2D eigenvalue weighted by Crippen LogP contribution is 2.47. The number of hydrogen-bond acceptors (Lipinski definition) is 5. The molecule has 0 N–H and O–H groups in total. The Morgan fingerprint density at radius 2 is 1.69 bits per heavy atom. The molecule has 1 spiro atoms. The third kappa shape index (κ3) is 2.87. The van der Waals surface area contributed by atoms with E-state index in [1.54, 1.807) is 0 Å². The first kappa shape index (κ1) is 20.2. The van der Waals surface area contributed by atoms with Crippen LogP contribution in [0, 0.1) is 6.92 Å². The lowest BCUT2D eigenvalue weighted by molar-refractivity contribution is -0.151. The molecule has 4 aliphatic rings. The Hall–Kier alpha value is -2.38. The number of fused-ring (bicyclic) bond motifs is 1. The van der Waals surface area contributed by atoms with Crippen LogP contribution in [-0.2, 0) is 4.79 Å². The molecule has 4 fully saturated rings. The van der Waals surface area contributed by atoms with Gasteiger partial charge in [0.15, 0.2) is 5.76 Å². The van der Waals surface area contributed by atoms with E-state index >= 15 is 0 Å². The lowest BCUT2D eigenvalue weighted by Crippen LogP contribution is -2.72. The molecule has 1 saturated carbocycles. The maximum absolute atomic E-state index is 13.5. The molecular weight excluding hydrogens is 404 g/mol. The molecule has 170 valence electrons. The lowest BCUT2D eigenvalue weighted by atomic mass is 9.85. The summed E-state index contributed by atoms with van der Waals surface area (Å²) in [5.41, 5.74) is 1.17. The molecule has 0 atom stereocenters. The standard InChI is InChI=1S/C25H32N4O3/c1-18-19-6-3-4-7-20(19)32-21(18)22(30)29-11-5-8-24(29)16-27(17-24)23(31)25(9-10-25)28-14-12-26(2)13-15-28/h3-4,6-7H,5,8-17H2,1-2H3. The summed E-state index contributed by atoms with van der Waals surface area (Å²) in [5, 5.41) is 0.998. The van der Waals surface area contributed by atoms with Crippen molar-refractivity contribution in [2.45, 2.75) is 43.7 Å². The molecule has 0 radical (unpaired) electrons. The van der Waals surface area contributed by atoms with Gasteiger partial charge in [0.25, 0.3) is 5.91 Å². The summed E-state index contributed by atoms with van der Waals surface area (Å²) in [4.78, 5) is 35.8. The zero-order chi connectivity index (χ0) is 22.1. The van der Waals surface area contributed by atoms with Crippen LogP contribution in [0.25, 0.3) is 11.0 Å². The largest absolute Gasteiger partial charge is 0.451 e. The number of likely N-dealkylation sites (tertiary alicyclic amines) is 2. The van der Waals surface area contributed by atoms with E-state index in [1.807, 2.05) is 41.0 Å². The Labute approximate surface area is 188 Å². The van der Waals surface area contributed by atoms with Crippen molar-refractivity contribution in [2.24, 2.45) is 0 Å². The molecular formula is C25H32N4O3. The van der Waals surface area contributed by atoms with E-state index < -0.39 is 0 Å². The van der Waals surface area contributed by atoms with Gasteiger partial charge in [0.2, 0.25) is 5.91 Å². The van der Waals surface area contributed by atoms with Gasteiger partial charge >= 0.3 is 0 Å². The Kier molecular flexibility index (Phi) is 4.46. The van der Waals surface area contributed by atoms with Gasteiger partial charge in [-0.1, -0.05) is 18.2 Å². The van der Waals surface area contributed by atoms with Crippen LogP contribution in [0.2, 0.25) is 0 Å². The van der Waals surface area contributed by atoms with Crippen molar-refractivity contribution in [2.75, 3.05) is 52.9 Å². The van der Waals surface area contributed by atoms with Crippen LogP contribution >= 0.6 is 0 Å². The monoisotopic (exact) mass is 436 g/mol. The van der Waals surface area contributed by atoms with Crippen LogP contribution < -0.4 is 0 Å². The smallest absolute Gasteiger partial charge is 0.290 e. The highest BCUT2D eigenvalue weighted by Gasteiger charge is 2.61. The normalized spacial score (nSPS) is 24.8. The van der Waals surface area contributed by atoms with Crippen molar-refractivity contribution < 1.29 is 14.0 Å². The van der Waals surface area contributed by atoms with Gasteiger partial charge in [-0.15, -0.1) is 0 Å². The summed E-state index contributed by atoms with van der Waals surface area (Å²) >= 11 is 0. The van der Waals surface area contributed by atoms with Gasteiger partial charge in [-0.2, -0.15) is 0 Å². The molecule has 2 amide bonds. The molecule has 1 aromatic carbocycles. The van der Waals surface area contributed by atoms with Crippen molar-refractivity contribution in [1.29, 1.82) is 0 Å². The number of para-hydroxylation sites is 1. The van der Waals surface area contributed by atoms with E-state index in [4.69, 9.17) is 4.42 Å². The third-order valence-corrected chi connectivity index (χ3v) is 8.37. The Morgan fingerprint density at radius 3 is 2.38 bits per heavy atom. The minimum absolute atomic E-state index is 0.0245. The first-order valence-corrected chi connectivity index (χ1v) is 12.0. The number of likely N-dealkylation sites (N-methyl/N-ethyl adjacent to an activating group) is 1. The van der Waals surface area contributed by atoms with Gasteiger partial charge in [-0.3, -0.25) is 14.5 Å². The second kappa shape index (κ2) is 7.06. The molecule has 7 heteroatoms. The summed E-state index contributed by atoms with van der Waals surface area (Å²) < 4.78 is 5.98. The van der Waals surface area contributed by atoms with Gasteiger partial charge < -0.3 is 19.1 Å². The number of piperazine rings is 1. The summed E-state index contributed by atoms with van der Waals surface area (Å²) in [7, 11) is 2.15. The van der Waals surface area contributed by atoms with Crippen LogP contribution in [0.4, 0.5) is 0 Å².